The molecule has 1 atom stereocenters. The van der Waals surface area contributed by atoms with Crippen molar-refractivity contribution in [2.24, 2.45) is 0 Å². The Bertz CT molecular complexity index is 720. The van der Waals surface area contributed by atoms with Crippen LogP contribution in [0.5, 0.6) is 0 Å². The maximum Gasteiger partial charge on any atom is 0.244 e. The number of hydrogen-bond donors (Lipinski definition) is 2. The smallest absolute Gasteiger partial charge is 0.244 e. The Hall–Kier alpha value is -1.22. The van der Waals surface area contributed by atoms with Crippen LogP contribution < -0.4 is 10.5 Å². The van der Waals surface area contributed by atoms with Gasteiger partial charge >= 0.3 is 0 Å². The molecule has 0 aliphatic heterocycles. The van der Waals surface area contributed by atoms with Gasteiger partial charge in [-0.05, 0) is 19.1 Å². The van der Waals surface area contributed by atoms with Gasteiger partial charge in [0.15, 0.2) is 5.82 Å². The summed E-state index contributed by atoms with van der Waals surface area (Å²) in [5.74, 6) is -1.03. The third-order valence-corrected chi connectivity index (χ3v) is 5.23. The van der Waals surface area contributed by atoms with Gasteiger partial charge in [-0.1, -0.05) is 11.6 Å². The second-order valence-corrected chi connectivity index (χ2v) is 7.04. The molecular weight excluding hydrogens is 325 g/mol. The van der Waals surface area contributed by atoms with Gasteiger partial charge in [-0.2, -0.15) is 0 Å². The normalized spacial score (nSPS) is 13.3. The Morgan fingerprint density at radius 1 is 1.50 bits per heavy atom. The molecule has 108 valence electrons. The molecule has 9 heteroatoms. The Kier molecular flexibility index (Phi) is 4.28. The van der Waals surface area contributed by atoms with Gasteiger partial charge < -0.3 is 5.73 Å². The van der Waals surface area contributed by atoms with Crippen LogP contribution in [0.3, 0.4) is 0 Å². The summed E-state index contributed by atoms with van der Waals surface area (Å²) in [5.41, 5.74) is 5.56. The van der Waals surface area contributed by atoms with E-state index in [1.54, 1.807) is 18.5 Å². The molecule has 0 amide bonds. The van der Waals surface area contributed by atoms with Gasteiger partial charge in [-0.25, -0.2) is 22.5 Å². The number of thiazole rings is 1. The number of rotatable bonds is 4. The summed E-state index contributed by atoms with van der Waals surface area (Å²) in [5, 5.41) is 1.95. The first-order valence-electron chi connectivity index (χ1n) is 5.47. The molecule has 0 fully saturated rings. The van der Waals surface area contributed by atoms with E-state index in [-0.39, 0.29) is 10.7 Å². The fourth-order valence-corrected chi connectivity index (χ4v) is 3.92. The molecule has 1 unspecified atom stereocenters. The molecule has 5 nitrogen and oxygen atoms in total. The predicted octanol–water partition coefficient (Wildman–Crippen LogP) is 2.56. The highest BCUT2D eigenvalue weighted by molar-refractivity contribution is 7.89. The largest absolute Gasteiger partial charge is 0.399 e. The standard InChI is InChI=1S/C11H11ClFN3O2S2/c1-6(11-15-2-3-19-11)16-20(17,18)9-5-7(14)4-8(12)10(9)13/h2-6,16H,14H2,1H3. The van der Waals surface area contributed by atoms with Crippen molar-refractivity contribution in [3.63, 3.8) is 0 Å². The van der Waals surface area contributed by atoms with Crippen molar-refractivity contribution in [3.8, 4) is 0 Å². The minimum Gasteiger partial charge on any atom is -0.399 e. The quantitative estimate of drug-likeness (QED) is 0.841. The van der Waals surface area contributed by atoms with Crippen LogP contribution in [-0.4, -0.2) is 13.4 Å². The summed E-state index contributed by atoms with van der Waals surface area (Å²) in [7, 11) is -4.08. The lowest BCUT2D eigenvalue weighted by molar-refractivity contribution is 0.547. The number of anilines is 1. The Balaban J connectivity index is 2.36. The number of nitrogens with two attached hydrogens (primary N) is 1. The molecule has 2 aromatic rings. The van der Waals surface area contributed by atoms with Crippen LogP contribution in [0, 0.1) is 5.82 Å². The fourth-order valence-electron chi connectivity index (χ4n) is 1.57. The van der Waals surface area contributed by atoms with E-state index in [0.29, 0.717) is 5.01 Å². The maximum absolute atomic E-state index is 13.9. The summed E-state index contributed by atoms with van der Waals surface area (Å²) in [6.07, 6.45) is 1.56. The van der Waals surface area contributed by atoms with Crippen LogP contribution in [0.2, 0.25) is 5.02 Å². The molecule has 0 bridgehead atoms. The van der Waals surface area contributed by atoms with Crippen LogP contribution in [0.1, 0.15) is 18.0 Å². The van der Waals surface area contributed by atoms with Gasteiger partial charge in [0.2, 0.25) is 10.0 Å². The number of halogens is 2. The number of benzene rings is 1. The average Bonchev–Trinajstić information content (AvgIpc) is 2.86. The molecule has 1 aromatic carbocycles. The molecule has 3 N–H and O–H groups in total. The van der Waals surface area contributed by atoms with Crippen molar-refractivity contribution in [1.82, 2.24) is 9.71 Å². The lowest BCUT2D eigenvalue weighted by atomic mass is 10.3. The van der Waals surface area contributed by atoms with Gasteiger partial charge in [0.25, 0.3) is 0 Å². The Labute approximate surface area is 124 Å². The molecule has 0 aliphatic carbocycles. The highest BCUT2D eigenvalue weighted by Gasteiger charge is 2.25. The Morgan fingerprint density at radius 3 is 2.80 bits per heavy atom. The topological polar surface area (TPSA) is 85.1 Å². The van der Waals surface area contributed by atoms with E-state index in [1.165, 1.54) is 11.3 Å². The van der Waals surface area contributed by atoms with Crippen molar-refractivity contribution < 1.29 is 12.8 Å². The molecule has 1 heterocycles. The molecule has 0 aliphatic rings. The van der Waals surface area contributed by atoms with E-state index in [0.717, 1.165) is 12.1 Å². The summed E-state index contributed by atoms with van der Waals surface area (Å²) >= 11 is 6.90. The first-order valence-corrected chi connectivity index (χ1v) is 8.21. The number of nitrogens with zero attached hydrogens (tertiary/aromatic N) is 1. The lowest BCUT2D eigenvalue weighted by Gasteiger charge is -2.13. The summed E-state index contributed by atoms with van der Waals surface area (Å²) in [6, 6.07) is 1.60. The van der Waals surface area contributed by atoms with Gasteiger partial charge in [-0.3, -0.25) is 0 Å². The van der Waals surface area contributed by atoms with Crippen molar-refractivity contribution >= 4 is 38.6 Å². The monoisotopic (exact) mass is 335 g/mol. The average molecular weight is 336 g/mol. The van der Waals surface area contributed by atoms with Crippen molar-refractivity contribution in [2.75, 3.05) is 5.73 Å². The number of nitrogens with one attached hydrogen (secondary N) is 1. The number of aromatic nitrogens is 1. The second-order valence-electron chi connectivity index (χ2n) is 4.03. The zero-order chi connectivity index (χ0) is 14.9. The maximum atomic E-state index is 13.9. The summed E-state index contributed by atoms with van der Waals surface area (Å²) < 4.78 is 40.5. The van der Waals surface area contributed by atoms with Crippen molar-refractivity contribution in [1.29, 1.82) is 0 Å². The van der Waals surface area contributed by atoms with Crippen molar-refractivity contribution in [3.05, 3.63) is 39.6 Å². The molecule has 0 spiro atoms. The minimum absolute atomic E-state index is 0.0682. The molecular formula is C11H11ClFN3O2S2. The third-order valence-electron chi connectivity index (χ3n) is 2.46. The minimum atomic E-state index is -4.08. The third kappa shape index (κ3) is 3.09. The number of hydrogen-bond acceptors (Lipinski definition) is 5. The SMILES string of the molecule is CC(NS(=O)(=O)c1cc(N)cc(Cl)c1F)c1nccs1. The fraction of sp³-hybridized carbons (Fsp3) is 0.182. The first-order chi connectivity index (χ1) is 9.31. The number of sulfonamides is 1. The van der Waals surface area contributed by atoms with Crippen LogP contribution in [0.15, 0.2) is 28.6 Å². The highest BCUT2D eigenvalue weighted by Crippen LogP contribution is 2.27. The molecule has 0 radical (unpaired) electrons. The zero-order valence-electron chi connectivity index (χ0n) is 10.3. The highest BCUT2D eigenvalue weighted by atomic mass is 35.5. The summed E-state index contributed by atoms with van der Waals surface area (Å²) in [4.78, 5) is 3.42. The van der Waals surface area contributed by atoms with E-state index in [1.807, 2.05) is 0 Å². The van der Waals surface area contributed by atoms with Gasteiger partial charge in [0.05, 0.1) is 11.1 Å². The molecule has 2 rings (SSSR count). The van der Waals surface area contributed by atoms with E-state index >= 15 is 0 Å². The van der Waals surface area contributed by atoms with Gasteiger partial charge in [-0.15, -0.1) is 11.3 Å². The van der Waals surface area contributed by atoms with E-state index in [2.05, 4.69) is 9.71 Å². The molecule has 1 aromatic heterocycles. The summed E-state index contributed by atoms with van der Waals surface area (Å²) in [6.45, 7) is 1.61. The Morgan fingerprint density at radius 2 is 2.20 bits per heavy atom. The first kappa shape index (κ1) is 15.2. The van der Waals surface area contributed by atoms with Crippen LogP contribution in [0.4, 0.5) is 10.1 Å². The van der Waals surface area contributed by atoms with E-state index in [4.69, 9.17) is 17.3 Å². The van der Waals surface area contributed by atoms with E-state index < -0.39 is 26.8 Å². The molecule has 0 saturated heterocycles. The molecule has 0 saturated carbocycles. The number of nitrogen functional groups attached to an aromatic ring is 1. The lowest BCUT2D eigenvalue weighted by Crippen LogP contribution is -2.27. The van der Waals surface area contributed by atoms with Crippen LogP contribution in [-0.2, 0) is 10.0 Å². The van der Waals surface area contributed by atoms with Crippen molar-refractivity contribution in [2.45, 2.75) is 17.9 Å². The van der Waals surface area contributed by atoms with Crippen LogP contribution >= 0.6 is 22.9 Å². The van der Waals surface area contributed by atoms with Gasteiger partial charge in [0, 0.05) is 17.3 Å². The second kappa shape index (κ2) is 5.65. The zero-order valence-corrected chi connectivity index (χ0v) is 12.7. The van der Waals surface area contributed by atoms with Gasteiger partial charge in [0.1, 0.15) is 9.90 Å². The molecule has 20 heavy (non-hydrogen) atoms. The van der Waals surface area contributed by atoms with E-state index in [9.17, 15) is 12.8 Å². The van der Waals surface area contributed by atoms with Crippen LogP contribution in [0.25, 0.3) is 0 Å². The predicted molar refractivity (Wildman–Crippen MR) is 76.7 cm³/mol.